The van der Waals surface area contributed by atoms with Gasteiger partial charge in [0.25, 0.3) is 0 Å². The Kier molecular flexibility index (Phi) is 4.39. The highest BCUT2D eigenvalue weighted by molar-refractivity contribution is 9.10. The number of benzene rings is 2. The molecule has 0 amide bonds. The van der Waals surface area contributed by atoms with Crippen LogP contribution in [0.5, 0.6) is 5.75 Å². The topological polar surface area (TPSA) is 35.2 Å². The van der Waals surface area contributed by atoms with Crippen molar-refractivity contribution in [2.75, 3.05) is 0 Å². The van der Waals surface area contributed by atoms with E-state index in [-0.39, 0.29) is 0 Å². The van der Waals surface area contributed by atoms with Gasteiger partial charge in [0, 0.05) is 16.6 Å². The van der Waals surface area contributed by atoms with Crippen molar-refractivity contribution in [2.24, 2.45) is 5.73 Å². The van der Waals surface area contributed by atoms with Crippen molar-refractivity contribution in [3.05, 3.63) is 63.6 Å². The maximum absolute atomic E-state index is 5.85. The molecule has 0 aliphatic carbocycles. The van der Waals surface area contributed by atoms with Gasteiger partial charge in [-0.3, -0.25) is 0 Å². The van der Waals surface area contributed by atoms with Crippen molar-refractivity contribution in [3.8, 4) is 5.75 Å². The first-order valence-corrected chi connectivity index (χ1v) is 6.66. The summed E-state index contributed by atoms with van der Waals surface area (Å²) in [6, 6.07) is 14.1. The summed E-state index contributed by atoms with van der Waals surface area (Å²) in [5, 5.41) is 0. The molecule has 94 valence electrons. The van der Waals surface area contributed by atoms with Gasteiger partial charge in [0.05, 0.1) is 0 Å². The van der Waals surface area contributed by atoms with Crippen molar-refractivity contribution < 1.29 is 4.74 Å². The van der Waals surface area contributed by atoms with E-state index in [4.69, 9.17) is 10.5 Å². The lowest BCUT2D eigenvalue weighted by atomic mass is 10.1. The molecule has 2 aromatic carbocycles. The van der Waals surface area contributed by atoms with E-state index in [2.05, 4.69) is 35.0 Å². The number of aryl methyl sites for hydroxylation is 1. The summed E-state index contributed by atoms with van der Waals surface area (Å²) in [5.74, 6) is 0.851. The van der Waals surface area contributed by atoms with E-state index in [9.17, 15) is 0 Å². The molecule has 2 rings (SSSR count). The van der Waals surface area contributed by atoms with Crippen LogP contribution in [0.3, 0.4) is 0 Å². The molecule has 0 fully saturated rings. The third-order valence-corrected chi connectivity index (χ3v) is 3.38. The monoisotopic (exact) mass is 305 g/mol. The molecule has 0 unspecified atom stereocenters. The molecule has 0 atom stereocenters. The molecule has 0 aromatic heterocycles. The molecule has 0 saturated carbocycles. The Labute approximate surface area is 116 Å². The standard InChI is InChI=1S/C15H16BrNO/c1-11-4-2-3-5-12(11)10-18-15-7-6-14(16)8-13(15)9-17/h2-8H,9-10,17H2,1H3. The quantitative estimate of drug-likeness (QED) is 0.932. The number of hydrogen-bond acceptors (Lipinski definition) is 2. The van der Waals surface area contributed by atoms with Crippen molar-refractivity contribution in [1.82, 2.24) is 0 Å². The zero-order chi connectivity index (χ0) is 13.0. The molecule has 2 N–H and O–H groups in total. The molecule has 0 saturated heterocycles. The highest BCUT2D eigenvalue weighted by Gasteiger charge is 2.04. The van der Waals surface area contributed by atoms with E-state index in [0.29, 0.717) is 13.2 Å². The van der Waals surface area contributed by atoms with Gasteiger partial charge < -0.3 is 10.5 Å². The zero-order valence-corrected chi connectivity index (χ0v) is 11.9. The lowest BCUT2D eigenvalue weighted by molar-refractivity contribution is 0.302. The number of hydrogen-bond donors (Lipinski definition) is 1. The third-order valence-electron chi connectivity index (χ3n) is 2.89. The van der Waals surface area contributed by atoms with Gasteiger partial charge in [-0.1, -0.05) is 40.2 Å². The van der Waals surface area contributed by atoms with Crippen LogP contribution in [0.25, 0.3) is 0 Å². The summed E-state index contributed by atoms with van der Waals surface area (Å²) < 4.78 is 6.87. The molecule has 2 aromatic rings. The molecule has 3 heteroatoms. The molecular formula is C15H16BrNO. The van der Waals surface area contributed by atoms with E-state index in [1.807, 2.05) is 30.3 Å². The van der Waals surface area contributed by atoms with Crippen molar-refractivity contribution in [3.63, 3.8) is 0 Å². The molecule has 0 spiro atoms. The Balaban J connectivity index is 2.13. The van der Waals surface area contributed by atoms with E-state index in [1.165, 1.54) is 11.1 Å². The molecular weight excluding hydrogens is 290 g/mol. The molecule has 0 aliphatic rings. The maximum Gasteiger partial charge on any atom is 0.124 e. The maximum atomic E-state index is 5.85. The predicted molar refractivity (Wildman–Crippen MR) is 77.5 cm³/mol. The SMILES string of the molecule is Cc1ccccc1COc1ccc(Br)cc1CN. The van der Waals surface area contributed by atoms with Gasteiger partial charge in [-0.15, -0.1) is 0 Å². The normalized spacial score (nSPS) is 10.4. The first-order valence-electron chi connectivity index (χ1n) is 5.86. The van der Waals surface area contributed by atoms with Gasteiger partial charge in [-0.2, -0.15) is 0 Å². The van der Waals surface area contributed by atoms with Gasteiger partial charge in [0.1, 0.15) is 12.4 Å². The minimum Gasteiger partial charge on any atom is -0.489 e. The number of ether oxygens (including phenoxy) is 1. The summed E-state index contributed by atoms with van der Waals surface area (Å²) >= 11 is 3.43. The van der Waals surface area contributed by atoms with Gasteiger partial charge in [-0.25, -0.2) is 0 Å². The van der Waals surface area contributed by atoms with Gasteiger partial charge in [-0.05, 0) is 36.2 Å². The average molecular weight is 306 g/mol. The Bertz CT molecular complexity index is 540. The fraction of sp³-hybridized carbons (Fsp3) is 0.200. The highest BCUT2D eigenvalue weighted by atomic mass is 79.9. The summed E-state index contributed by atoms with van der Waals surface area (Å²) in [6.45, 7) is 3.13. The molecule has 0 bridgehead atoms. The fourth-order valence-electron chi connectivity index (χ4n) is 1.78. The first kappa shape index (κ1) is 13.1. The Morgan fingerprint density at radius 1 is 1.11 bits per heavy atom. The summed E-state index contributed by atoms with van der Waals surface area (Å²) in [7, 11) is 0. The lowest BCUT2D eigenvalue weighted by Gasteiger charge is -2.12. The number of rotatable bonds is 4. The Hall–Kier alpha value is -1.32. The lowest BCUT2D eigenvalue weighted by Crippen LogP contribution is -2.03. The Morgan fingerprint density at radius 2 is 1.89 bits per heavy atom. The van der Waals surface area contributed by atoms with Crippen LogP contribution in [-0.4, -0.2) is 0 Å². The van der Waals surface area contributed by atoms with Crippen molar-refractivity contribution in [1.29, 1.82) is 0 Å². The van der Waals surface area contributed by atoms with Gasteiger partial charge >= 0.3 is 0 Å². The molecule has 2 nitrogen and oxygen atoms in total. The smallest absolute Gasteiger partial charge is 0.124 e. The second-order valence-corrected chi connectivity index (χ2v) is 5.09. The minimum atomic E-state index is 0.475. The van der Waals surface area contributed by atoms with Gasteiger partial charge in [0.2, 0.25) is 0 Å². The van der Waals surface area contributed by atoms with E-state index >= 15 is 0 Å². The highest BCUT2D eigenvalue weighted by Crippen LogP contribution is 2.24. The Morgan fingerprint density at radius 3 is 2.61 bits per heavy atom. The fourth-order valence-corrected chi connectivity index (χ4v) is 2.18. The van der Waals surface area contributed by atoms with Crippen LogP contribution in [0.1, 0.15) is 16.7 Å². The van der Waals surface area contributed by atoms with Crippen LogP contribution in [0.15, 0.2) is 46.9 Å². The predicted octanol–water partition coefficient (Wildman–Crippen LogP) is 3.80. The molecule has 18 heavy (non-hydrogen) atoms. The van der Waals surface area contributed by atoms with Crippen LogP contribution in [-0.2, 0) is 13.2 Å². The largest absolute Gasteiger partial charge is 0.489 e. The van der Waals surface area contributed by atoms with E-state index in [1.54, 1.807) is 0 Å². The summed E-state index contributed by atoms with van der Waals surface area (Å²) in [6.07, 6.45) is 0. The number of nitrogens with two attached hydrogens (primary N) is 1. The van der Waals surface area contributed by atoms with Crippen LogP contribution < -0.4 is 10.5 Å². The van der Waals surface area contributed by atoms with Crippen LogP contribution >= 0.6 is 15.9 Å². The third kappa shape index (κ3) is 3.12. The molecule has 0 heterocycles. The van der Waals surface area contributed by atoms with Gasteiger partial charge in [0.15, 0.2) is 0 Å². The van der Waals surface area contributed by atoms with Crippen LogP contribution in [0.4, 0.5) is 0 Å². The number of halogens is 1. The zero-order valence-electron chi connectivity index (χ0n) is 10.3. The van der Waals surface area contributed by atoms with E-state index in [0.717, 1.165) is 15.8 Å². The summed E-state index contributed by atoms with van der Waals surface area (Å²) in [4.78, 5) is 0. The molecule has 0 radical (unpaired) electrons. The second-order valence-electron chi connectivity index (χ2n) is 4.17. The second kappa shape index (κ2) is 6.03. The first-order chi connectivity index (χ1) is 8.70. The minimum absolute atomic E-state index is 0.475. The average Bonchev–Trinajstić information content (AvgIpc) is 2.39. The van der Waals surface area contributed by atoms with E-state index < -0.39 is 0 Å². The molecule has 0 aliphatic heterocycles. The summed E-state index contributed by atoms with van der Waals surface area (Å²) in [5.41, 5.74) is 9.17. The van der Waals surface area contributed by atoms with Crippen molar-refractivity contribution >= 4 is 15.9 Å². The van der Waals surface area contributed by atoms with Crippen LogP contribution in [0.2, 0.25) is 0 Å². The van der Waals surface area contributed by atoms with Crippen LogP contribution in [0, 0.1) is 6.92 Å². The van der Waals surface area contributed by atoms with Crippen molar-refractivity contribution in [2.45, 2.75) is 20.1 Å².